The first-order valence-corrected chi connectivity index (χ1v) is 7.46. The Labute approximate surface area is 123 Å². The number of thiophene rings is 1. The summed E-state index contributed by atoms with van der Waals surface area (Å²) in [5.41, 5.74) is 6.55. The topological polar surface area (TPSA) is 96.2 Å². The standard InChI is InChI=1S/C13H22N4O2S/c1-5-7(3)17-13-8(11(18)15-4)9(14)10(20-13)12(19)16-6-2/h7,17H,5-6,14H2,1-4H3,(H,15,18)(H,16,19). The lowest BCUT2D eigenvalue weighted by molar-refractivity contribution is 0.0959. The highest BCUT2D eigenvalue weighted by molar-refractivity contribution is 7.19. The quantitative estimate of drug-likeness (QED) is 0.642. The van der Waals surface area contributed by atoms with Gasteiger partial charge in [-0.1, -0.05) is 6.92 Å². The van der Waals surface area contributed by atoms with Crippen LogP contribution < -0.4 is 21.7 Å². The Kier molecular flexibility index (Phi) is 5.82. The molecule has 1 heterocycles. The summed E-state index contributed by atoms with van der Waals surface area (Å²) in [6.07, 6.45) is 0.904. The van der Waals surface area contributed by atoms with Crippen molar-refractivity contribution in [3.63, 3.8) is 0 Å². The lowest BCUT2D eigenvalue weighted by Gasteiger charge is -2.12. The van der Waals surface area contributed by atoms with E-state index in [1.807, 2.05) is 20.8 Å². The molecule has 0 aliphatic heterocycles. The van der Waals surface area contributed by atoms with Gasteiger partial charge in [0.2, 0.25) is 0 Å². The number of carbonyl (C=O) groups is 2. The van der Waals surface area contributed by atoms with Crippen molar-refractivity contribution >= 4 is 33.8 Å². The second kappa shape index (κ2) is 7.14. The van der Waals surface area contributed by atoms with E-state index in [1.165, 1.54) is 18.4 Å². The van der Waals surface area contributed by atoms with Gasteiger partial charge in [0.1, 0.15) is 9.88 Å². The second-order valence-electron chi connectivity index (χ2n) is 4.44. The molecule has 0 spiro atoms. The van der Waals surface area contributed by atoms with Gasteiger partial charge in [0, 0.05) is 19.6 Å². The van der Waals surface area contributed by atoms with E-state index >= 15 is 0 Å². The molecule has 1 aromatic heterocycles. The van der Waals surface area contributed by atoms with Gasteiger partial charge in [-0.15, -0.1) is 11.3 Å². The van der Waals surface area contributed by atoms with Gasteiger partial charge in [-0.2, -0.15) is 0 Å². The average Bonchev–Trinajstić information content (AvgIpc) is 2.75. The molecule has 0 saturated heterocycles. The van der Waals surface area contributed by atoms with E-state index in [9.17, 15) is 9.59 Å². The molecule has 0 aromatic carbocycles. The molecule has 1 unspecified atom stereocenters. The Balaban J connectivity index is 3.23. The summed E-state index contributed by atoms with van der Waals surface area (Å²) in [6, 6.07) is 0.193. The first-order chi connectivity index (χ1) is 9.46. The smallest absolute Gasteiger partial charge is 0.263 e. The summed E-state index contributed by atoms with van der Waals surface area (Å²) in [7, 11) is 1.54. The Morgan fingerprint density at radius 1 is 1.30 bits per heavy atom. The van der Waals surface area contributed by atoms with Gasteiger partial charge in [0.15, 0.2) is 0 Å². The molecule has 0 saturated carbocycles. The zero-order valence-corrected chi connectivity index (χ0v) is 13.1. The number of nitrogen functional groups attached to an aromatic ring is 1. The maximum absolute atomic E-state index is 12.0. The molecular formula is C13H22N4O2S. The molecule has 0 aliphatic rings. The minimum absolute atomic E-state index is 0.193. The van der Waals surface area contributed by atoms with Gasteiger partial charge in [-0.25, -0.2) is 0 Å². The number of nitrogens with two attached hydrogens (primary N) is 1. The maximum Gasteiger partial charge on any atom is 0.263 e. The molecule has 0 radical (unpaired) electrons. The van der Waals surface area contributed by atoms with Gasteiger partial charge < -0.3 is 21.7 Å². The third-order valence-electron chi connectivity index (χ3n) is 2.93. The van der Waals surface area contributed by atoms with Crippen LogP contribution in [0.25, 0.3) is 0 Å². The number of rotatable bonds is 6. The third-order valence-corrected chi connectivity index (χ3v) is 4.07. The summed E-state index contributed by atoms with van der Waals surface area (Å²) in [6.45, 7) is 6.40. The molecular weight excluding hydrogens is 276 g/mol. The van der Waals surface area contributed by atoms with E-state index in [0.717, 1.165) is 6.42 Å². The second-order valence-corrected chi connectivity index (χ2v) is 5.46. The van der Waals surface area contributed by atoms with Crippen molar-refractivity contribution in [2.45, 2.75) is 33.2 Å². The fourth-order valence-electron chi connectivity index (χ4n) is 1.63. The SMILES string of the molecule is CCNC(=O)c1sc(NC(C)CC)c(C(=O)NC)c1N. The largest absolute Gasteiger partial charge is 0.397 e. The van der Waals surface area contributed by atoms with Crippen molar-refractivity contribution < 1.29 is 9.59 Å². The van der Waals surface area contributed by atoms with Crippen LogP contribution in [-0.2, 0) is 0 Å². The summed E-state index contributed by atoms with van der Waals surface area (Å²) < 4.78 is 0. The first-order valence-electron chi connectivity index (χ1n) is 6.65. The number of hydrogen-bond donors (Lipinski definition) is 4. The van der Waals surface area contributed by atoms with Crippen molar-refractivity contribution in [3.05, 3.63) is 10.4 Å². The summed E-state index contributed by atoms with van der Waals surface area (Å²) in [5, 5.41) is 9.12. The Bertz CT molecular complexity index is 499. The van der Waals surface area contributed by atoms with E-state index in [2.05, 4.69) is 16.0 Å². The van der Waals surface area contributed by atoms with Crippen LogP contribution in [0.3, 0.4) is 0 Å². The zero-order chi connectivity index (χ0) is 15.3. The highest BCUT2D eigenvalue weighted by atomic mass is 32.1. The number of hydrogen-bond acceptors (Lipinski definition) is 5. The van der Waals surface area contributed by atoms with E-state index < -0.39 is 0 Å². The Morgan fingerprint density at radius 3 is 2.45 bits per heavy atom. The normalized spacial score (nSPS) is 11.8. The van der Waals surface area contributed by atoms with Crippen molar-refractivity contribution in [1.29, 1.82) is 0 Å². The van der Waals surface area contributed by atoms with E-state index in [4.69, 9.17) is 5.73 Å². The van der Waals surface area contributed by atoms with Crippen LogP contribution in [-0.4, -0.2) is 31.4 Å². The fraction of sp³-hybridized carbons (Fsp3) is 0.538. The van der Waals surface area contributed by atoms with Crippen molar-refractivity contribution in [2.75, 3.05) is 24.6 Å². The van der Waals surface area contributed by atoms with Crippen LogP contribution in [0, 0.1) is 0 Å². The molecule has 5 N–H and O–H groups in total. The molecule has 0 aliphatic carbocycles. The van der Waals surface area contributed by atoms with Crippen molar-refractivity contribution in [2.24, 2.45) is 0 Å². The lowest BCUT2D eigenvalue weighted by Crippen LogP contribution is -2.24. The number of nitrogens with one attached hydrogen (secondary N) is 3. The van der Waals surface area contributed by atoms with E-state index in [0.29, 0.717) is 22.0 Å². The number of anilines is 2. The monoisotopic (exact) mass is 298 g/mol. The van der Waals surface area contributed by atoms with Gasteiger partial charge in [-0.3, -0.25) is 9.59 Å². The minimum atomic E-state index is -0.292. The van der Waals surface area contributed by atoms with Gasteiger partial charge in [0.05, 0.1) is 11.3 Å². The van der Waals surface area contributed by atoms with Crippen LogP contribution >= 0.6 is 11.3 Å². The Morgan fingerprint density at radius 2 is 1.95 bits per heavy atom. The first kappa shape index (κ1) is 16.3. The molecule has 2 amide bonds. The third kappa shape index (κ3) is 3.41. The molecule has 1 atom stereocenters. The average molecular weight is 298 g/mol. The summed E-state index contributed by atoms with van der Waals surface area (Å²) in [4.78, 5) is 24.3. The van der Waals surface area contributed by atoms with E-state index in [1.54, 1.807) is 0 Å². The lowest BCUT2D eigenvalue weighted by atomic mass is 10.2. The molecule has 1 rings (SSSR count). The predicted molar refractivity (Wildman–Crippen MR) is 83.5 cm³/mol. The Hall–Kier alpha value is -1.76. The summed E-state index contributed by atoms with van der Waals surface area (Å²) in [5.74, 6) is -0.544. The number of amides is 2. The molecule has 6 nitrogen and oxygen atoms in total. The van der Waals surface area contributed by atoms with Gasteiger partial charge in [-0.05, 0) is 20.3 Å². The predicted octanol–water partition coefficient (Wildman–Crippen LogP) is 1.65. The zero-order valence-electron chi connectivity index (χ0n) is 12.3. The molecule has 112 valence electrons. The molecule has 1 aromatic rings. The molecule has 7 heteroatoms. The van der Waals surface area contributed by atoms with Gasteiger partial charge in [0.25, 0.3) is 11.8 Å². The van der Waals surface area contributed by atoms with Crippen LogP contribution in [0.5, 0.6) is 0 Å². The summed E-state index contributed by atoms with van der Waals surface area (Å²) >= 11 is 1.21. The molecule has 0 fully saturated rings. The van der Waals surface area contributed by atoms with Crippen LogP contribution in [0.15, 0.2) is 0 Å². The van der Waals surface area contributed by atoms with E-state index in [-0.39, 0.29) is 23.5 Å². The van der Waals surface area contributed by atoms with Crippen molar-refractivity contribution in [1.82, 2.24) is 10.6 Å². The number of carbonyl (C=O) groups excluding carboxylic acids is 2. The maximum atomic E-state index is 12.0. The molecule has 20 heavy (non-hydrogen) atoms. The van der Waals surface area contributed by atoms with Gasteiger partial charge >= 0.3 is 0 Å². The van der Waals surface area contributed by atoms with Crippen LogP contribution in [0.4, 0.5) is 10.7 Å². The van der Waals surface area contributed by atoms with Crippen LogP contribution in [0.1, 0.15) is 47.2 Å². The molecule has 0 bridgehead atoms. The highest BCUT2D eigenvalue weighted by Gasteiger charge is 2.25. The highest BCUT2D eigenvalue weighted by Crippen LogP contribution is 2.36. The fourth-order valence-corrected chi connectivity index (χ4v) is 2.78. The van der Waals surface area contributed by atoms with Crippen LogP contribution in [0.2, 0.25) is 0 Å². The van der Waals surface area contributed by atoms with Crippen molar-refractivity contribution in [3.8, 4) is 0 Å². The minimum Gasteiger partial charge on any atom is -0.397 e.